The van der Waals surface area contributed by atoms with Crippen molar-refractivity contribution in [1.82, 2.24) is 9.21 Å². The van der Waals surface area contributed by atoms with E-state index in [1.54, 1.807) is 0 Å². The molecule has 138 valence electrons. The van der Waals surface area contributed by atoms with Gasteiger partial charge >= 0.3 is 6.09 Å². The molecule has 2 saturated heterocycles. The van der Waals surface area contributed by atoms with Gasteiger partial charge in [0.1, 0.15) is 5.82 Å². The van der Waals surface area contributed by atoms with Crippen molar-refractivity contribution in [3.05, 3.63) is 30.1 Å². The van der Waals surface area contributed by atoms with Crippen LogP contribution in [0.25, 0.3) is 0 Å². The quantitative estimate of drug-likeness (QED) is 0.873. The van der Waals surface area contributed by atoms with Crippen LogP contribution in [-0.4, -0.2) is 67.2 Å². The largest absolute Gasteiger partial charge is 0.465 e. The lowest BCUT2D eigenvalue weighted by Gasteiger charge is -2.37. The summed E-state index contributed by atoms with van der Waals surface area (Å²) >= 11 is 0. The lowest BCUT2D eigenvalue weighted by Crippen LogP contribution is -2.46. The highest BCUT2D eigenvalue weighted by Gasteiger charge is 2.46. The van der Waals surface area contributed by atoms with Crippen molar-refractivity contribution in [3.8, 4) is 0 Å². The maximum Gasteiger partial charge on any atom is 0.407 e. The SMILES string of the molecule is CN([C@H]1COC2(CCN(C(=O)O)CC2)C1)S(=O)(=O)c1ccc(F)cc1. The molecule has 0 bridgehead atoms. The van der Waals surface area contributed by atoms with Gasteiger partial charge in [-0.25, -0.2) is 17.6 Å². The smallest absolute Gasteiger partial charge is 0.407 e. The number of carbonyl (C=O) groups is 1. The molecule has 1 atom stereocenters. The van der Waals surface area contributed by atoms with E-state index in [0.717, 1.165) is 12.1 Å². The van der Waals surface area contributed by atoms with E-state index < -0.39 is 27.5 Å². The molecule has 1 aromatic rings. The Hall–Kier alpha value is -1.71. The lowest BCUT2D eigenvalue weighted by molar-refractivity contribution is -0.0396. The van der Waals surface area contributed by atoms with Crippen LogP contribution in [0.5, 0.6) is 0 Å². The number of ether oxygens (including phenoxy) is 1. The van der Waals surface area contributed by atoms with Crippen LogP contribution >= 0.6 is 0 Å². The summed E-state index contributed by atoms with van der Waals surface area (Å²) in [5.74, 6) is -0.491. The highest BCUT2D eigenvalue weighted by atomic mass is 32.2. The van der Waals surface area contributed by atoms with Gasteiger partial charge in [0.05, 0.1) is 23.1 Å². The number of likely N-dealkylation sites (tertiary alicyclic amines) is 1. The summed E-state index contributed by atoms with van der Waals surface area (Å²) in [5.41, 5.74) is -0.469. The summed E-state index contributed by atoms with van der Waals surface area (Å²) in [6.45, 7) is 1.04. The second-order valence-corrected chi connectivity index (χ2v) is 8.59. The Morgan fingerprint density at radius 1 is 1.32 bits per heavy atom. The molecular weight excluding hydrogens is 351 g/mol. The molecule has 1 amide bonds. The van der Waals surface area contributed by atoms with E-state index in [0.29, 0.717) is 32.4 Å². The number of sulfonamides is 1. The van der Waals surface area contributed by atoms with Gasteiger partial charge in [0.25, 0.3) is 0 Å². The molecule has 9 heteroatoms. The molecule has 7 nitrogen and oxygen atoms in total. The number of halogens is 1. The Morgan fingerprint density at radius 2 is 1.92 bits per heavy atom. The van der Waals surface area contributed by atoms with Crippen molar-refractivity contribution < 1.29 is 27.4 Å². The van der Waals surface area contributed by atoms with Gasteiger partial charge in [-0.3, -0.25) is 0 Å². The zero-order chi connectivity index (χ0) is 18.2. The number of benzene rings is 1. The summed E-state index contributed by atoms with van der Waals surface area (Å²) in [4.78, 5) is 12.4. The Morgan fingerprint density at radius 3 is 2.48 bits per heavy atom. The summed E-state index contributed by atoms with van der Waals surface area (Å²) in [6, 6.07) is 4.41. The topological polar surface area (TPSA) is 87.2 Å². The number of amides is 1. The van der Waals surface area contributed by atoms with E-state index in [4.69, 9.17) is 9.84 Å². The fraction of sp³-hybridized carbons (Fsp3) is 0.562. The van der Waals surface area contributed by atoms with Crippen molar-refractivity contribution in [2.45, 2.75) is 35.8 Å². The fourth-order valence-corrected chi connectivity index (χ4v) is 4.82. The Bertz CT molecular complexity index is 744. The average molecular weight is 372 g/mol. The molecule has 2 fully saturated rings. The molecule has 0 radical (unpaired) electrons. The van der Waals surface area contributed by atoms with E-state index in [2.05, 4.69) is 0 Å². The van der Waals surface area contributed by atoms with Crippen molar-refractivity contribution in [1.29, 1.82) is 0 Å². The average Bonchev–Trinajstić information content (AvgIpc) is 2.98. The maximum absolute atomic E-state index is 13.0. The molecular formula is C16H21FN2O5S. The maximum atomic E-state index is 13.0. The molecule has 0 aliphatic carbocycles. The molecule has 2 heterocycles. The van der Waals surface area contributed by atoms with Crippen LogP contribution in [0.2, 0.25) is 0 Å². The monoisotopic (exact) mass is 372 g/mol. The standard InChI is InChI=1S/C16H21FN2O5S/c1-18(25(22,23)14-4-2-12(17)3-5-14)13-10-16(24-11-13)6-8-19(9-7-16)15(20)21/h2-5,13H,6-11H2,1H3,(H,20,21)/t13-/m1/s1. The lowest BCUT2D eigenvalue weighted by atomic mass is 9.87. The van der Waals surface area contributed by atoms with E-state index in [-0.39, 0.29) is 17.5 Å². The van der Waals surface area contributed by atoms with Crippen molar-refractivity contribution >= 4 is 16.1 Å². The molecule has 25 heavy (non-hydrogen) atoms. The molecule has 1 spiro atoms. The van der Waals surface area contributed by atoms with Gasteiger partial charge in [-0.05, 0) is 43.5 Å². The first-order valence-electron chi connectivity index (χ1n) is 8.09. The molecule has 3 rings (SSSR count). The first kappa shape index (κ1) is 18.1. The molecule has 2 aliphatic rings. The predicted molar refractivity (Wildman–Crippen MR) is 87.3 cm³/mol. The second kappa shape index (κ2) is 6.54. The predicted octanol–water partition coefficient (Wildman–Crippen LogP) is 1.75. The third-order valence-corrected chi connectivity index (χ3v) is 7.06. The van der Waals surface area contributed by atoms with Gasteiger partial charge in [-0.15, -0.1) is 0 Å². The number of hydrogen-bond acceptors (Lipinski definition) is 4. The summed E-state index contributed by atoms with van der Waals surface area (Å²) in [5, 5.41) is 9.03. The van der Waals surface area contributed by atoms with Crippen LogP contribution < -0.4 is 0 Å². The summed E-state index contributed by atoms with van der Waals surface area (Å²) in [6.07, 6.45) is 0.693. The van der Waals surface area contributed by atoms with E-state index in [1.165, 1.54) is 28.4 Å². The number of nitrogens with zero attached hydrogens (tertiary/aromatic N) is 2. The number of carboxylic acid groups (broad SMARTS) is 1. The van der Waals surface area contributed by atoms with Crippen LogP contribution in [0.3, 0.4) is 0 Å². The zero-order valence-electron chi connectivity index (χ0n) is 13.9. The number of likely N-dealkylation sites (N-methyl/N-ethyl adjacent to an activating group) is 1. The van der Waals surface area contributed by atoms with Crippen LogP contribution in [0.15, 0.2) is 29.2 Å². The van der Waals surface area contributed by atoms with Crippen LogP contribution in [0.4, 0.5) is 9.18 Å². The Balaban J connectivity index is 1.69. The molecule has 2 aliphatic heterocycles. The van der Waals surface area contributed by atoms with Gasteiger partial charge in [-0.2, -0.15) is 4.31 Å². The normalized spacial score (nSPS) is 23.3. The second-order valence-electron chi connectivity index (χ2n) is 6.60. The van der Waals surface area contributed by atoms with Gasteiger partial charge in [-0.1, -0.05) is 0 Å². The van der Waals surface area contributed by atoms with Gasteiger partial charge in [0.15, 0.2) is 0 Å². The van der Waals surface area contributed by atoms with E-state index >= 15 is 0 Å². The zero-order valence-corrected chi connectivity index (χ0v) is 14.7. The summed E-state index contributed by atoms with van der Waals surface area (Å²) < 4.78 is 45.6. The third kappa shape index (κ3) is 3.49. The van der Waals surface area contributed by atoms with Crippen molar-refractivity contribution in [2.24, 2.45) is 0 Å². The van der Waals surface area contributed by atoms with E-state index in [9.17, 15) is 17.6 Å². The first-order valence-corrected chi connectivity index (χ1v) is 9.53. The minimum atomic E-state index is -3.74. The van der Waals surface area contributed by atoms with Crippen LogP contribution in [0, 0.1) is 5.82 Å². The highest BCUT2D eigenvalue weighted by molar-refractivity contribution is 7.89. The van der Waals surface area contributed by atoms with Gasteiger partial charge < -0.3 is 14.7 Å². The fourth-order valence-electron chi connectivity index (χ4n) is 3.48. The number of rotatable bonds is 3. The van der Waals surface area contributed by atoms with Gasteiger partial charge in [0.2, 0.25) is 10.0 Å². The van der Waals surface area contributed by atoms with Gasteiger partial charge in [0, 0.05) is 20.1 Å². The molecule has 0 unspecified atom stereocenters. The Labute approximate surface area is 146 Å². The Kier molecular flexibility index (Phi) is 4.74. The minimum Gasteiger partial charge on any atom is -0.465 e. The van der Waals surface area contributed by atoms with Crippen molar-refractivity contribution in [3.63, 3.8) is 0 Å². The van der Waals surface area contributed by atoms with E-state index in [1.807, 2.05) is 0 Å². The van der Waals surface area contributed by atoms with Crippen LogP contribution in [-0.2, 0) is 14.8 Å². The summed E-state index contributed by atoms with van der Waals surface area (Å²) in [7, 11) is -2.24. The molecule has 1 aromatic carbocycles. The number of hydrogen-bond donors (Lipinski definition) is 1. The number of piperidine rings is 1. The molecule has 0 saturated carbocycles. The third-order valence-electron chi connectivity index (χ3n) is 5.14. The molecule has 0 aromatic heterocycles. The minimum absolute atomic E-state index is 0.0399. The molecule has 1 N–H and O–H groups in total. The van der Waals surface area contributed by atoms with Crippen LogP contribution in [0.1, 0.15) is 19.3 Å². The first-order chi connectivity index (χ1) is 11.7. The highest BCUT2D eigenvalue weighted by Crippen LogP contribution is 2.38. The van der Waals surface area contributed by atoms with Crippen molar-refractivity contribution in [2.75, 3.05) is 26.7 Å².